The first-order valence-electron chi connectivity index (χ1n) is 5.25. The largest absolute Gasteiger partial charge is 0.467 e. The van der Waals surface area contributed by atoms with Gasteiger partial charge in [-0.2, -0.15) is 0 Å². The van der Waals surface area contributed by atoms with Gasteiger partial charge in [0, 0.05) is 0 Å². The van der Waals surface area contributed by atoms with Crippen molar-refractivity contribution < 1.29 is 23.7 Å². The van der Waals surface area contributed by atoms with Crippen molar-refractivity contribution >= 4 is 5.97 Å². The van der Waals surface area contributed by atoms with Gasteiger partial charge in [0.2, 0.25) is 0 Å². The van der Waals surface area contributed by atoms with Crippen LogP contribution in [0.1, 0.15) is 6.42 Å². The third-order valence-electron chi connectivity index (χ3n) is 3.41. The number of esters is 1. The number of fused-ring (bicyclic) bond motifs is 4. The van der Waals surface area contributed by atoms with Crippen LogP contribution in [0.15, 0.2) is 0 Å². The topological polar surface area (TPSA) is 54.0 Å². The van der Waals surface area contributed by atoms with E-state index in [0.29, 0.717) is 18.4 Å². The number of methoxy groups -OCH3 is 1. The van der Waals surface area contributed by atoms with Crippen molar-refractivity contribution in [3.05, 3.63) is 0 Å². The maximum absolute atomic E-state index is 11.0. The van der Waals surface area contributed by atoms with Gasteiger partial charge in [0.05, 0.1) is 19.8 Å². The Morgan fingerprint density at radius 2 is 2.33 bits per heavy atom. The van der Waals surface area contributed by atoms with Crippen molar-refractivity contribution in [3.8, 4) is 0 Å². The molecule has 0 aromatic heterocycles. The van der Waals surface area contributed by atoms with Crippen molar-refractivity contribution in [1.29, 1.82) is 0 Å². The minimum absolute atomic E-state index is 0.0156. The van der Waals surface area contributed by atoms with Crippen LogP contribution in [0.25, 0.3) is 0 Å². The Morgan fingerprint density at radius 1 is 1.47 bits per heavy atom. The maximum Gasteiger partial charge on any atom is 0.331 e. The van der Waals surface area contributed by atoms with Gasteiger partial charge in [0.1, 0.15) is 12.7 Å². The summed E-state index contributed by atoms with van der Waals surface area (Å²) in [6.45, 7) is 0.655. The molecular weight excluding hydrogens is 200 g/mol. The SMILES string of the molecule is COC(=O)CO[C@H]1[C@@H]2OC[C@@H](O2)[C@H]2C[C@@H]21. The van der Waals surface area contributed by atoms with E-state index in [1.54, 1.807) is 0 Å². The molecule has 3 fully saturated rings. The van der Waals surface area contributed by atoms with Crippen LogP contribution in [0.4, 0.5) is 0 Å². The molecule has 2 saturated heterocycles. The smallest absolute Gasteiger partial charge is 0.331 e. The lowest BCUT2D eigenvalue weighted by Crippen LogP contribution is -2.38. The predicted octanol–water partition coefficient (Wildman–Crippen LogP) is -0.0642. The van der Waals surface area contributed by atoms with Crippen molar-refractivity contribution in [2.24, 2.45) is 11.8 Å². The molecule has 1 aliphatic carbocycles. The van der Waals surface area contributed by atoms with E-state index in [-0.39, 0.29) is 31.1 Å². The van der Waals surface area contributed by atoms with Crippen LogP contribution in [0.5, 0.6) is 0 Å². The Balaban J connectivity index is 1.59. The van der Waals surface area contributed by atoms with Crippen molar-refractivity contribution in [2.75, 3.05) is 20.3 Å². The number of carbonyl (C=O) groups is 1. The molecule has 0 amide bonds. The molecule has 0 spiro atoms. The van der Waals surface area contributed by atoms with Crippen LogP contribution >= 0.6 is 0 Å². The molecule has 5 atom stereocenters. The summed E-state index contributed by atoms with van der Waals surface area (Å²) in [6, 6.07) is 0. The van der Waals surface area contributed by atoms with Crippen molar-refractivity contribution in [2.45, 2.75) is 24.9 Å². The molecule has 0 aromatic carbocycles. The summed E-state index contributed by atoms with van der Waals surface area (Å²) in [5.41, 5.74) is 0. The Kier molecular flexibility index (Phi) is 2.19. The second kappa shape index (κ2) is 3.43. The molecule has 2 heterocycles. The molecule has 5 heteroatoms. The second-order valence-electron chi connectivity index (χ2n) is 4.29. The summed E-state index contributed by atoms with van der Waals surface area (Å²) in [5, 5.41) is 0. The Morgan fingerprint density at radius 3 is 3.13 bits per heavy atom. The van der Waals surface area contributed by atoms with Crippen LogP contribution in [-0.4, -0.2) is 44.8 Å². The van der Waals surface area contributed by atoms with Crippen LogP contribution in [0.2, 0.25) is 0 Å². The molecule has 3 rings (SSSR count). The molecule has 0 radical (unpaired) electrons. The van der Waals surface area contributed by atoms with E-state index < -0.39 is 0 Å². The average molecular weight is 214 g/mol. The zero-order chi connectivity index (χ0) is 10.4. The van der Waals surface area contributed by atoms with Crippen LogP contribution in [0, 0.1) is 11.8 Å². The lowest BCUT2D eigenvalue weighted by Gasteiger charge is -2.26. The maximum atomic E-state index is 11.0. The summed E-state index contributed by atoms with van der Waals surface area (Å²) in [5.74, 6) is 0.736. The average Bonchev–Trinajstić information content (AvgIpc) is 2.93. The zero-order valence-electron chi connectivity index (χ0n) is 8.55. The number of hydrogen-bond acceptors (Lipinski definition) is 5. The fourth-order valence-corrected chi connectivity index (χ4v) is 2.51. The number of ether oxygens (including phenoxy) is 4. The molecule has 0 unspecified atom stereocenters. The number of rotatable bonds is 3. The van der Waals surface area contributed by atoms with E-state index in [1.807, 2.05) is 0 Å². The molecular formula is C10H14O5. The Bertz CT molecular complexity index is 279. The lowest BCUT2D eigenvalue weighted by atomic mass is 10.1. The van der Waals surface area contributed by atoms with Gasteiger partial charge in [-0.05, 0) is 18.3 Å². The molecule has 2 bridgehead atoms. The summed E-state index contributed by atoms with van der Waals surface area (Å²) < 4.78 is 21.1. The van der Waals surface area contributed by atoms with Crippen LogP contribution < -0.4 is 0 Å². The van der Waals surface area contributed by atoms with Gasteiger partial charge < -0.3 is 18.9 Å². The third-order valence-corrected chi connectivity index (χ3v) is 3.41. The number of carbonyl (C=O) groups excluding carboxylic acids is 1. The van der Waals surface area contributed by atoms with E-state index in [9.17, 15) is 4.79 Å². The lowest BCUT2D eigenvalue weighted by molar-refractivity contribution is -0.186. The standard InChI is InChI=1S/C10H14O5/c1-12-8(11)4-13-9-6-2-5(6)7-3-14-10(9)15-7/h5-7,9-10H,2-4H2,1H3/t5-,6-,7+,9+,10+/m0/s1. The van der Waals surface area contributed by atoms with Gasteiger partial charge >= 0.3 is 5.97 Å². The van der Waals surface area contributed by atoms with Crippen LogP contribution in [0.3, 0.4) is 0 Å². The molecule has 3 aliphatic rings. The minimum atomic E-state index is -0.354. The Hall–Kier alpha value is -0.650. The van der Waals surface area contributed by atoms with E-state index in [1.165, 1.54) is 7.11 Å². The van der Waals surface area contributed by atoms with Crippen molar-refractivity contribution in [3.63, 3.8) is 0 Å². The second-order valence-corrected chi connectivity index (χ2v) is 4.29. The first kappa shape index (κ1) is 9.57. The van der Waals surface area contributed by atoms with Gasteiger partial charge in [0.15, 0.2) is 6.29 Å². The molecule has 15 heavy (non-hydrogen) atoms. The summed E-state index contributed by atoms with van der Waals surface area (Å²) in [7, 11) is 1.35. The van der Waals surface area contributed by atoms with Gasteiger partial charge in [-0.1, -0.05) is 0 Å². The molecule has 84 valence electrons. The predicted molar refractivity (Wildman–Crippen MR) is 48.0 cm³/mol. The van der Waals surface area contributed by atoms with E-state index in [4.69, 9.17) is 14.2 Å². The minimum Gasteiger partial charge on any atom is -0.467 e. The summed E-state index contributed by atoms with van der Waals surface area (Å²) >= 11 is 0. The monoisotopic (exact) mass is 214 g/mol. The molecule has 1 saturated carbocycles. The highest BCUT2D eigenvalue weighted by Gasteiger charge is 2.59. The van der Waals surface area contributed by atoms with E-state index in [2.05, 4.69) is 4.74 Å². The fraction of sp³-hybridized carbons (Fsp3) is 0.900. The van der Waals surface area contributed by atoms with Gasteiger partial charge in [0.25, 0.3) is 0 Å². The molecule has 2 aliphatic heterocycles. The normalized spacial score (nSPS) is 46.1. The van der Waals surface area contributed by atoms with Gasteiger partial charge in [-0.15, -0.1) is 0 Å². The van der Waals surface area contributed by atoms with Crippen molar-refractivity contribution in [1.82, 2.24) is 0 Å². The highest BCUT2D eigenvalue weighted by Crippen LogP contribution is 2.53. The number of hydrogen-bond donors (Lipinski definition) is 0. The first-order valence-corrected chi connectivity index (χ1v) is 5.25. The third kappa shape index (κ3) is 1.55. The van der Waals surface area contributed by atoms with E-state index >= 15 is 0 Å². The van der Waals surface area contributed by atoms with E-state index in [0.717, 1.165) is 6.42 Å². The highest BCUT2D eigenvalue weighted by atomic mass is 16.7. The zero-order valence-corrected chi connectivity index (χ0v) is 8.55. The van der Waals surface area contributed by atoms with Gasteiger partial charge in [-0.3, -0.25) is 0 Å². The highest BCUT2D eigenvalue weighted by molar-refractivity contribution is 5.70. The molecule has 0 N–H and O–H groups in total. The molecule has 5 nitrogen and oxygen atoms in total. The first-order chi connectivity index (χ1) is 7.29. The van der Waals surface area contributed by atoms with Crippen LogP contribution in [-0.2, 0) is 23.7 Å². The summed E-state index contributed by atoms with van der Waals surface area (Å²) in [4.78, 5) is 11.0. The summed E-state index contributed by atoms with van der Waals surface area (Å²) in [6.07, 6.45) is 1.03. The Labute approximate surface area is 87.6 Å². The van der Waals surface area contributed by atoms with Gasteiger partial charge in [-0.25, -0.2) is 4.79 Å². The quantitative estimate of drug-likeness (QED) is 0.616. The fourth-order valence-electron chi connectivity index (χ4n) is 2.51. The molecule has 0 aromatic rings.